The fourth-order valence-corrected chi connectivity index (χ4v) is 5.20. The Hall–Kier alpha value is -3.24. The normalized spacial score (nSPS) is 18.7. The summed E-state index contributed by atoms with van der Waals surface area (Å²) in [5.74, 6) is 0. The Balaban J connectivity index is 1.54. The number of hydrogen-bond acceptors (Lipinski definition) is 3. The maximum absolute atomic E-state index is 10.2. The van der Waals surface area contributed by atoms with E-state index in [0.29, 0.717) is 0 Å². The van der Waals surface area contributed by atoms with Crippen LogP contribution in [0, 0.1) is 0 Å². The summed E-state index contributed by atoms with van der Waals surface area (Å²) in [5, 5.41) is 10.2. The molecule has 1 heterocycles. The molecular formula is C31H31NO2. The van der Waals surface area contributed by atoms with Gasteiger partial charge in [0.2, 0.25) is 0 Å². The summed E-state index contributed by atoms with van der Waals surface area (Å²) in [5.41, 5.74) is 3.83. The number of benzene rings is 4. The average Bonchev–Trinajstić information content (AvgIpc) is 3.30. The summed E-state index contributed by atoms with van der Waals surface area (Å²) in [6, 6.07) is 42.0. The zero-order valence-corrected chi connectivity index (χ0v) is 19.3. The van der Waals surface area contributed by atoms with Gasteiger partial charge >= 0.3 is 0 Å². The third kappa shape index (κ3) is 4.55. The maximum atomic E-state index is 10.2. The molecule has 0 unspecified atom stereocenters. The molecule has 172 valence electrons. The van der Waals surface area contributed by atoms with Gasteiger partial charge < -0.3 is 9.84 Å². The molecule has 4 aromatic rings. The Morgan fingerprint density at radius 3 is 1.56 bits per heavy atom. The van der Waals surface area contributed by atoms with Crippen molar-refractivity contribution in [3.63, 3.8) is 0 Å². The summed E-state index contributed by atoms with van der Waals surface area (Å²) >= 11 is 0. The molecular weight excluding hydrogens is 418 g/mol. The molecule has 1 N–H and O–H groups in total. The van der Waals surface area contributed by atoms with Crippen molar-refractivity contribution in [1.29, 1.82) is 0 Å². The molecule has 1 aliphatic heterocycles. The molecule has 0 radical (unpaired) electrons. The van der Waals surface area contributed by atoms with Gasteiger partial charge in [-0.15, -0.1) is 0 Å². The van der Waals surface area contributed by atoms with Crippen LogP contribution in [-0.2, 0) is 16.9 Å². The Bertz CT molecular complexity index is 1050. The molecule has 5 rings (SSSR count). The molecule has 0 amide bonds. The highest BCUT2D eigenvalue weighted by molar-refractivity contribution is 5.47. The van der Waals surface area contributed by atoms with E-state index in [0.717, 1.165) is 36.2 Å². The van der Waals surface area contributed by atoms with Gasteiger partial charge in [0, 0.05) is 19.1 Å². The highest BCUT2D eigenvalue weighted by atomic mass is 16.5. The van der Waals surface area contributed by atoms with Gasteiger partial charge in [0.15, 0.2) is 0 Å². The highest BCUT2D eigenvalue weighted by Gasteiger charge is 2.43. The van der Waals surface area contributed by atoms with Crippen molar-refractivity contribution in [3.8, 4) is 0 Å². The molecule has 0 aliphatic carbocycles. The molecule has 0 bridgehead atoms. The second-order valence-corrected chi connectivity index (χ2v) is 9.01. The summed E-state index contributed by atoms with van der Waals surface area (Å²) in [4.78, 5) is 2.35. The fourth-order valence-electron chi connectivity index (χ4n) is 5.20. The van der Waals surface area contributed by atoms with E-state index in [2.05, 4.69) is 102 Å². The highest BCUT2D eigenvalue weighted by Crippen LogP contribution is 2.43. The van der Waals surface area contributed by atoms with E-state index in [1.807, 2.05) is 24.3 Å². The van der Waals surface area contributed by atoms with Crippen molar-refractivity contribution in [1.82, 2.24) is 4.90 Å². The van der Waals surface area contributed by atoms with E-state index in [-0.39, 0.29) is 18.8 Å². The van der Waals surface area contributed by atoms with Crippen LogP contribution in [0.5, 0.6) is 0 Å². The molecule has 0 aromatic heterocycles. The maximum Gasteiger partial charge on any atom is 0.144 e. The first kappa shape index (κ1) is 22.5. The van der Waals surface area contributed by atoms with Crippen LogP contribution in [-0.4, -0.2) is 35.3 Å². The predicted molar refractivity (Wildman–Crippen MR) is 136 cm³/mol. The summed E-state index contributed by atoms with van der Waals surface area (Å²) in [6.45, 7) is 1.71. The van der Waals surface area contributed by atoms with Crippen LogP contribution in [0.4, 0.5) is 0 Å². The number of aliphatic hydroxyl groups excluding tert-OH is 1. The number of ether oxygens (including phenoxy) is 1. The summed E-state index contributed by atoms with van der Waals surface area (Å²) in [7, 11) is 0. The molecule has 0 spiro atoms. The van der Waals surface area contributed by atoms with Crippen LogP contribution >= 0.6 is 0 Å². The number of hydrogen-bond donors (Lipinski definition) is 1. The van der Waals surface area contributed by atoms with E-state index in [9.17, 15) is 5.11 Å². The van der Waals surface area contributed by atoms with Crippen LogP contribution < -0.4 is 0 Å². The predicted octanol–water partition coefficient (Wildman–Crippen LogP) is 5.63. The van der Waals surface area contributed by atoms with Gasteiger partial charge in [-0.1, -0.05) is 121 Å². The van der Waals surface area contributed by atoms with Crippen LogP contribution in [0.25, 0.3) is 0 Å². The second kappa shape index (κ2) is 10.4. The molecule has 34 heavy (non-hydrogen) atoms. The van der Waals surface area contributed by atoms with Gasteiger partial charge in [-0.3, -0.25) is 4.90 Å². The van der Waals surface area contributed by atoms with Gasteiger partial charge in [0.1, 0.15) is 5.60 Å². The lowest BCUT2D eigenvalue weighted by atomic mass is 9.80. The van der Waals surface area contributed by atoms with Crippen LogP contribution in [0.15, 0.2) is 121 Å². The van der Waals surface area contributed by atoms with Gasteiger partial charge in [-0.25, -0.2) is 0 Å². The van der Waals surface area contributed by atoms with E-state index in [4.69, 9.17) is 4.74 Å². The lowest BCUT2D eigenvalue weighted by Crippen LogP contribution is -2.38. The van der Waals surface area contributed by atoms with Gasteiger partial charge in [-0.2, -0.15) is 0 Å². The number of likely N-dealkylation sites (tertiary alicyclic amines) is 1. The molecule has 3 nitrogen and oxygen atoms in total. The van der Waals surface area contributed by atoms with E-state index in [1.54, 1.807) is 0 Å². The molecule has 1 saturated heterocycles. The topological polar surface area (TPSA) is 32.7 Å². The largest absolute Gasteiger partial charge is 0.395 e. The third-order valence-electron chi connectivity index (χ3n) is 6.81. The first-order valence-electron chi connectivity index (χ1n) is 12.0. The van der Waals surface area contributed by atoms with Gasteiger partial charge in [0.05, 0.1) is 12.7 Å². The molecule has 0 saturated carbocycles. The third-order valence-corrected chi connectivity index (χ3v) is 6.81. The molecule has 2 atom stereocenters. The fraction of sp³-hybridized carbons (Fsp3) is 0.226. The number of rotatable bonds is 8. The van der Waals surface area contributed by atoms with Crippen molar-refractivity contribution >= 4 is 0 Å². The monoisotopic (exact) mass is 449 g/mol. The molecule has 1 aliphatic rings. The summed E-state index contributed by atoms with van der Waals surface area (Å²) < 4.78 is 7.20. The first-order chi connectivity index (χ1) is 16.8. The quantitative estimate of drug-likeness (QED) is 0.354. The SMILES string of the molecule is OC[C@@H]1C[C@@H](OC(c2ccccc2)(c2ccccc2)c2ccccc2)CN1Cc1ccccc1. The average molecular weight is 450 g/mol. The van der Waals surface area contributed by atoms with Crippen LogP contribution in [0.1, 0.15) is 28.7 Å². The number of nitrogens with zero attached hydrogens (tertiary/aromatic N) is 1. The smallest absolute Gasteiger partial charge is 0.144 e. The standard InChI is InChI=1S/C31H31NO2/c33-24-29-21-30(23-32(29)22-25-13-5-1-6-14-25)34-31(26-15-7-2-8-16-26,27-17-9-3-10-18-27)28-19-11-4-12-20-28/h1-20,29-30,33H,21-24H2/t29-,30+/m0/s1. The molecule has 1 fully saturated rings. The first-order valence-corrected chi connectivity index (χ1v) is 12.0. The molecule has 3 heteroatoms. The molecule has 4 aromatic carbocycles. The van der Waals surface area contributed by atoms with E-state index < -0.39 is 5.60 Å². The minimum Gasteiger partial charge on any atom is -0.395 e. The minimum atomic E-state index is -0.739. The minimum absolute atomic E-state index is 0.0264. The summed E-state index contributed by atoms with van der Waals surface area (Å²) in [6.07, 6.45) is 0.763. The van der Waals surface area contributed by atoms with E-state index >= 15 is 0 Å². The van der Waals surface area contributed by atoms with Crippen molar-refractivity contribution < 1.29 is 9.84 Å². The second-order valence-electron chi connectivity index (χ2n) is 9.01. The lowest BCUT2D eigenvalue weighted by Gasteiger charge is -2.38. The lowest BCUT2D eigenvalue weighted by molar-refractivity contribution is -0.0421. The van der Waals surface area contributed by atoms with Crippen molar-refractivity contribution in [3.05, 3.63) is 144 Å². The Morgan fingerprint density at radius 2 is 1.12 bits per heavy atom. The van der Waals surface area contributed by atoms with Crippen LogP contribution in [0.3, 0.4) is 0 Å². The zero-order chi connectivity index (χ0) is 23.2. The van der Waals surface area contributed by atoms with Crippen molar-refractivity contribution in [2.45, 2.75) is 30.7 Å². The zero-order valence-electron chi connectivity index (χ0n) is 19.3. The van der Waals surface area contributed by atoms with E-state index in [1.165, 1.54) is 5.56 Å². The Kier molecular flexibility index (Phi) is 6.87. The van der Waals surface area contributed by atoms with Crippen molar-refractivity contribution in [2.75, 3.05) is 13.2 Å². The Labute approximate surface area is 202 Å². The van der Waals surface area contributed by atoms with Gasteiger partial charge in [0.25, 0.3) is 0 Å². The van der Waals surface area contributed by atoms with Crippen LogP contribution in [0.2, 0.25) is 0 Å². The van der Waals surface area contributed by atoms with Gasteiger partial charge in [-0.05, 0) is 28.7 Å². The van der Waals surface area contributed by atoms with Crippen molar-refractivity contribution in [2.24, 2.45) is 0 Å². The number of aliphatic hydroxyl groups is 1. The Morgan fingerprint density at radius 1 is 0.676 bits per heavy atom.